The molecule has 1 aliphatic rings. The van der Waals surface area contributed by atoms with E-state index in [1.807, 2.05) is 0 Å². The first-order valence-corrected chi connectivity index (χ1v) is 6.03. The zero-order chi connectivity index (χ0) is 12.4. The van der Waals surface area contributed by atoms with Crippen LogP contribution in [0.1, 0.15) is 29.6 Å². The van der Waals surface area contributed by atoms with E-state index in [1.165, 1.54) is 12.1 Å². The van der Waals surface area contributed by atoms with Crippen molar-refractivity contribution >= 4 is 35.5 Å². The lowest BCUT2D eigenvalue weighted by atomic mass is 9.86. The predicted molar refractivity (Wildman–Crippen MR) is 64.8 cm³/mol. The molecule has 1 saturated carbocycles. The number of halogens is 2. The molecule has 17 heavy (non-hydrogen) atoms. The molecule has 0 atom stereocenters. The van der Waals surface area contributed by atoms with Crippen molar-refractivity contribution in [1.29, 1.82) is 0 Å². The average Bonchev–Trinajstić information content (AvgIpc) is 2.19. The molecule has 0 saturated heterocycles. The maximum Gasteiger partial charge on any atom is 0.314 e. The molecule has 0 spiro atoms. The van der Waals surface area contributed by atoms with E-state index >= 15 is 0 Å². The highest BCUT2D eigenvalue weighted by atomic mass is 35.5. The number of hydrogen-bond donors (Lipinski definition) is 0. The van der Waals surface area contributed by atoms with Gasteiger partial charge in [-0.2, -0.15) is 0 Å². The van der Waals surface area contributed by atoms with Crippen molar-refractivity contribution in [3.8, 4) is 5.75 Å². The standard InChI is InChI=1S/C12H10Cl2O3/c13-9-4-8(6-15)11(10(14)5-9)17-12(16)7-2-1-3-7/h4-7H,1-3H2. The second-order valence-electron chi connectivity index (χ2n) is 3.97. The first-order valence-electron chi connectivity index (χ1n) is 5.27. The SMILES string of the molecule is O=Cc1cc(Cl)cc(Cl)c1OC(=O)C1CCC1. The van der Waals surface area contributed by atoms with Crippen molar-refractivity contribution < 1.29 is 14.3 Å². The molecule has 1 aliphatic carbocycles. The molecular formula is C12H10Cl2O3. The summed E-state index contributed by atoms with van der Waals surface area (Å²) in [5.41, 5.74) is 0.190. The molecule has 0 heterocycles. The van der Waals surface area contributed by atoms with Crippen molar-refractivity contribution in [2.45, 2.75) is 19.3 Å². The summed E-state index contributed by atoms with van der Waals surface area (Å²) in [6.07, 6.45) is 3.27. The minimum Gasteiger partial charge on any atom is -0.424 e. The second kappa shape index (κ2) is 5.07. The fraction of sp³-hybridized carbons (Fsp3) is 0.333. The summed E-state index contributed by atoms with van der Waals surface area (Å²) in [7, 11) is 0. The molecule has 2 rings (SSSR count). The lowest BCUT2D eigenvalue weighted by Gasteiger charge is -2.23. The number of ether oxygens (including phenoxy) is 1. The Hall–Kier alpha value is -1.06. The number of aldehydes is 1. The van der Waals surface area contributed by atoms with E-state index in [0.29, 0.717) is 11.3 Å². The maximum atomic E-state index is 11.7. The summed E-state index contributed by atoms with van der Waals surface area (Å²) in [5.74, 6) is -0.298. The monoisotopic (exact) mass is 272 g/mol. The summed E-state index contributed by atoms with van der Waals surface area (Å²) < 4.78 is 5.17. The number of hydrogen-bond acceptors (Lipinski definition) is 3. The Morgan fingerprint density at radius 1 is 1.35 bits per heavy atom. The first-order chi connectivity index (χ1) is 8.11. The summed E-state index contributed by atoms with van der Waals surface area (Å²) in [4.78, 5) is 22.5. The molecule has 3 nitrogen and oxygen atoms in total. The summed E-state index contributed by atoms with van der Waals surface area (Å²) in [6.45, 7) is 0. The fourth-order valence-electron chi connectivity index (χ4n) is 1.60. The molecular weight excluding hydrogens is 263 g/mol. The van der Waals surface area contributed by atoms with Gasteiger partial charge in [-0.05, 0) is 25.0 Å². The molecule has 90 valence electrons. The summed E-state index contributed by atoms with van der Waals surface area (Å²) in [5, 5.41) is 0.507. The third kappa shape index (κ3) is 2.61. The number of benzene rings is 1. The lowest BCUT2D eigenvalue weighted by Crippen LogP contribution is -2.26. The van der Waals surface area contributed by atoms with Gasteiger partial charge in [0.05, 0.1) is 16.5 Å². The van der Waals surface area contributed by atoms with Gasteiger partial charge in [-0.1, -0.05) is 29.6 Å². The van der Waals surface area contributed by atoms with E-state index in [9.17, 15) is 9.59 Å². The Kier molecular flexibility index (Phi) is 3.69. The quantitative estimate of drug-likeness (QED) is 0.481. The third-order valence-corrected chi connectivity index (χ3v) is 3.30. The molecule has 0 bridgehead atoms. The van der Waals surface area contributed by atoms with Crippen molar-refractivity contribution in [2.24, 2.45) is 5.92 Å². The van der Waals surface area contributed by atoms with Crippen LogP contribution in [0.5, 0.6) is 5.75 Å². The third-order valence-electron chi connectivity index (χ3n) is 2.81. The van der Waals surface area contributed by atoms with Crippen molar-refractivity contribution in [3.63, 3.8) is 0 Å². The average molecular weight is 273 g/mol. The number of esters is 1. The molecule has 0 radical (unpaired) electrons. The molecule has 0 aromatic heterocycles. The Labute approximate surface area is 109 Å². The van der Waals surface area contributed by atoms with E-state index in [2.05, 4.69) is 0 Å². The minimum atomic E-state index is -0.330. The Balaban J connectivity index is 2.24. The topological polar surface area (TPSA) is 43.4 Å². The van der Waals surface area contributed by atoms with Crippen LogP contribution in [0.3, 0.4) is 0 Å². The van der Waals surface area contributed by atoms with Gasteiger partial charge in [-0.25, -0.2) is 0 Å². The number of rotatable bonds is 3. The van der Waals surface area contributed by atoms with Crippen LogP contribution in [0, 0.1) is 5.92 Å². The first kappa shape index (κ1) is 12.4. The Morgan fingerprint density at radius 3 is 2.59 bits per heavy atom. The largest absolute Gasteiger partial charge is 0.424 e. The normalized spacial score (nSPS) is 15.2. The van der Waals surface area contributed by atoms with Crippen LogP contribution in [-0.2, 0) is 4.79 Å². The highest BCUT2D eigenvalue weighted by Crippen LogP contribution is 2.34. The Morgan fingerprint density at radius 2 is 2.06 bits per heavy atom. The van der Waals surface area contributed by atoms with E-state index < -0.39 is 0 Å². The maximum absolute atomic E-state index is 11.7. The minimum absolute atomic E-state index is 0.0683. The van der Waals surface area contributed by atoms with Crippen LogP contribution in [0.4, 0.5) is 0 Å². The van der Waals surface area contributed by atoms with E-state index in [0.717, 1.165) is 19.3 Å². The van der Waals surface area contributed by atoms with Crippen LogP contribution < -0.4 is 4.74 Å². The van der Waals surface area contributed by atoms with Gasteiger partial charge in [0.15, 0.2) is 12.0 Å². The molecule has 1 aromatic carbocycles. The predicted octanol–water partition coefficient (Wildman–Crippen LogP) is 3.51. The van der Waals surface area contributed by atoms with Crippen LogP contribution in [-0.4, -0.2) is 12.3 Å². The van der Waals surface area contributed by atoms with E-state index in [-0.39, 0.29) is 28.2 Å². The fourth-order valence-corrected chi connectivity index (χ4v) is 2.15. The van der Waals surface area contributed by atoms with Crippen LogP contribution in [0.2, 0.25) is 10.0 Å². The van der Waals surface area contributed by atoms with E-state index in [1.54, 1.807) is 0 Å². The molecule has 1 fully saturated rings. The van der Waals surface area contributed by atoms with Gasteiger partial charge in [0.2, 0.25) is 0 Å². The van der Waals surface area contributed by atoms with Crippen molar-refractivity contribution in [1.82, 2.24) is 0 Å². The highest BCUT2D eigenvalue weighted by molar-refractivity contribution is 6.36. The van der Waals surface area contributed by atoms with Gasteiger partial charge in [0.1, 0.15) is 0 Å². The zero-order valence-electron chi connectivity index (χ0n) is 8.91. The van der Waals surface area contributed by atoms with Crippen LogP contribution in [0.15, 0.2) is 12.1 Å². The molecule has 0 amide bonds. The number of carbonyl (C=O) groups excluding carboxylic acids is 2. The second-order valence-corrected chi connectivity index (χ2v) is 4.82. The van der Waals surface area contributed by atoms with Gasteiger partial charge in [0, 0.05) is 5.02 Å². The molecule has 0 N–H and O–H groups in total. The molecule has 0 aliphatic heterocycles. The zero-order valence-corrected chi connectivity index (χ0v) is 10.4. The molecule has 0 unspecified atom stereocenters. The van der Waals surface area contributed by atoms with Crippen LogP contribution in [0.25, 0.3) is 0 Å². The van der Waals surface area contributed by atoms with Gasteiger partial charge in [0.25, 0.3) is 0 Å². The molecule has 5 heteroatoms. The molecule has 1 aromatic rings. The number of carbonyl (C=O) groups is 2. The summed E-state index contributed by atoms with van der Waals surface area (Å²) >= 11 is 11.7. The van der Waals surface area contributed by atoms with Gasteiger partial charge in [-0.3, -0.25) is 9.59 Å². The lowest BCUT2D eigenvalue weighted by molar-refractivity contribution is -0.141. The van der Waals surface area contributed by atoms with Gasteiger partial charge in [-0.15, -0.1) is 0 Å². The van der Waals surface area contributed by atoms with Gasteiger partial charge >= 0.3 is 5.97 Å². The van der Waals surface area contributed by atoms with Crippen molar-refractivity contribution in [3.05, 3.63) is 27.7 Å². The van der Waals surface area contributed by atoms with Crippen LogP contribution >= 0.6 is 23.2 Å². The Bertz CT molecular complexity index is 467. The van der Waals surface area contributed by atoms with E-state index in [4.69, 9.17) is 27.9 Å². The smallest absolute Gasteiger partial charge is 0.314 e. The van der Waals surface area contributed by atoms with Crippen molar-refractivity contribution in [2.75, 3.05) is 0 Å². The highest BCUT2D eigenvalue weighted by Gasteiger charge is 2.28. The van der Waals surface area contributed by atoms with Gasteiger partial charge < -0.3 is 4.74 Å². The summed E-state index contributed by atoms with van der Waals surface area (Å²) in [6, 6.07) is 2.86.